The molecule has 1 aliphatic heterocycles. The van der Waals surface area contributed by atoms with Crippen LogP contribution >= 0.6 is 0 Å². The van der Waals surface area contributed by atoms with Crippen molar-refractivity contribution in [3.05, 3.63) is 11.1 Å². The second kappa shape index (κ2) is 3.82. The topological polar surface area (TPSA) is 52.6 Å². The van der Waals surface area contributed by atoms with Crippen molar-refractivity contribution < 1.29 is 19.1 Å². The lowest BCUT2D eigenvalue weighted by molar-refractivity contribution is -0.146. The van der Waals surface area contributed by atoms with Gasteiger partial charge in [-0.1, -0.05) is 13.8 Å². The summed E-state index contributed by atoms with van der Waals surface area (Å²) in [5, 5.41) is 0. The molecule has 78 valence electrons. The van der Waals surface area contributed by atoms with Crippen LogP contribution in [0.3, 0.4) is 0 Å². The third kappa shape index (κ3) is 1.64. The highest BCUT2D eigenvalue weighted by atomic mass is 16.6. The Hall–Kier alpha value is -1.32. The molecular weight excluding hydrogens is 184 g/mol. The molecule has 0 amide bonds. The van der Waals surface area contributed by atoms with E-state index in [1.807, 2.05) is 13.8 Å². The molecule has 0 saturated heterocycles. The van der Waals surface area contributed by atoms with Crippen LogP contribution < -0.4 is 0 Å². The van der Waals surface area contributed by atoms with Gasteiger partial charge in [0.25, 0.3) is 0 Å². The lowest BCUT2D eigenvalue weighted by atomic mass is 9.98. The van der Waals surface area contributed by atoms with Crippen LogP contribution in [0.4, 0.5) is 0 Å². The molecular formula is C10H14O4. The van der Waals surface area contributed by atoms with E-state index in [0.29, 0.717) is 5.57 Å². The van der Waals surface area contributed by atoms with E-state index in [1.54, 1.807) is 6.92 Å². The summed E-state index contributed by atoms with van der Waals surface area (Å²) in [5.74, 6) is -1.02. The SMILES string of the molecule is COC(=O)C1=C(C)C(C(C)C)OC1=O. The van der Waals surface area contributed by atoms with Crippen LogP contribution in [-0.4, -0.2) is 25.2 Å². The summed E-state index contributed by atoms with van der Waals surface area (Å²) in [5.41, 5.74) is 0.711. The third-order valence-corrected chi connectivity index (χ3v) is 2.25. The second-order valence-corrected chi connectivity index (χ2v) is 3.62. The molecule has 0 radical (unpaired) electrons. The summed E-state index contributed by atoms with van der Waals surface area (Å²) in [6.07, 6.45) is -0.295. The van der Waals surface area contributed by atoms with Crippen molar-refractivity contribution in [3.8, 4) is 0 Å². The molecule has 0 aliphatic carbocycles. The average molecular weight is 198 g/mol. The molecule has 0 aromatic heterocycles. The first kappa shape index (κ1) is 10.8. The molecule has 1 unspecified atom stereocenters. The van der Waals surface area contributed by atoms with Gasteiger partial charge in [0.1, 0.15) is 11.7 Å². The molecule has 1 heterocycles. The number of hydrogen-bond acceptors (Lipinski definition) is 4. The monoisotopic (exact) mass is 198 g/mol. The Morgan fingerprint density at radius 1 is 1.50 bits per heavy atom. The molecule has 4 nitrogen and oxygen atoms in total. The minimum Gasteiger partial charge on any atom is -0.465 e. The molecule has 0 fully saturated rings. The molecule has 14 heavy (non-hydrogen) atoms. The summed E-state index contributed by atoms with van der Waals surface area (Å²) in [7, 11) is 1.25. The lowest BCUT2D eigenvalue weighted by Gasteiger charge is -2.14. The summed E-state index contributed by atoms with van der Waals surface area (Å²) in [6.45, 7) is 5.59. The molecule has 0 N–H and O–H groups in total. The van der Waals surface area contributed by atoms with E-state index in [4.69, 9.17) is 4.74 Å². The van der Waals surface area contributed by atoms with E-state index in [9.17, 15) is 9.59 Å². The molecule has 0 saturated carbocycles. The zero-order chi connectivity index (χ0) is 10.9. The van der Waals surface area contributed by atoms with Gasteiger partial charge in [-0.05, 0) is 18.4 Å². The zero-order valence-corrected chi connectivity index (χ0v) is 8.79. The van der Waals surface area contributed by atoms with Crippen LogP contribution in [0.5, 0.6) is 0 Å². The maximum absolute atomic E-state index is 11.3. The summed E-state index contributed by atoms with van der Waals surface area (Å²) in [6, 6.07) is 0. The van der Waals surface area contributed by atoms with E-state index in [2.05, 4.69) is 4.74 Å². The summed E-state index contributed by atoms with van der Waals surface area (Å²) >= 11 is 0. The predicted molar refractivity (Wildman–Crippen MR) is 49.4 cm³/mol. The number of ether oxygens (including phenoxy) is 2. The van der Waals surface area contributed by atoms with Crippen molar-refractivity contribution in [3.63, 3.8) is 0 Å². The maximum atomic E-state index is 11.3. The van der Waals surface area contributed by atoms with Crippen molar-refractivity contribution in [2.24, 2.45) is 5.92 Å². The Morgan fingerprint density at radius 3 is 2.43 bits per heavy atom. The highest BCUT2D eigenvalue weighted by Gasteiger charge is 2.37. The van der Waals surface area contributed by atoms with Crippen molar-refractivity contribution in [2.45, 2.75) is 26.9 Å². The fourth-order valence-corrected chi connectivity index (χ4v) is 1.55. The quantitative estimate of drug-likeness (QED) is 0.491. The first-order valence-corrected chi connectivity index (χ1v) is 4.49. The first-order valence-electron chi connectivity index (χ1n) is 4.49. The van der Waals surface area contributed by atoms with Gasteiger partial charge in [0.05, 0.1) is 7.11 Å². The van der Waals surface area contributed by atoms with E-state index >= 15 is 0 Å². The molecule has 4 heteroatoms. The van der Waals surface area contributed by atoms with Crippen LogP contribution in [0.2, 0.25) is 0 Å². The number of methoxy groups -OCH3 is 1. The van der Waals surface area contributed by atoms with E-state index in [0.717, 1.165) is 0 Å². The molecule has 0 aromatic carbocycles. The normalized spacial score (nSPS) is 21.5. The Balaban J connectivity index is 3.02. The number of carbonyl (C=O) groups is 2. The average Bonchev–Trinajstić information content (AvgIpc) is 2.41. The first-order chi connectivity index (χ1) is 6.49. The summed E-state index contributed by atoms with van der Waals surface area (Å²) < 4.78 is 9.56. The smallest absolute Gasteiger partial charge is 0.346 e. The molecule has 0 spiro atoms. The standard InChI is InChI=1S/C10H14O4/c1-5(2)8-6(3)7(9(11)13-4)10(12)14-8/h5,8H,1-4H3. The minimum atomic E-state index is -0.615. The van der Waals surface area contributed by atoms with Gasteiger partial charge in [-0.2, -0.15) is 0 Å². The highest BCUT2D eigenvalue weighted by Crippen LogP contribution is 2.27. The summed E-state index contributed by atoms with van der Waals surface area (Å²) in [4.78, 5) is 22.5. The third-order valence-electron chi connectivity index (χ3n) is 2.25. The van der Waals surface area contributed by atoms with Gasteiger partial charge < -0.3 is 9.47 Å². The Morgan fingerprint density at radius 2 is 2.07 bits per heavy atom. The number of carbonyl (C=O) groups excluding carboxylic acids is 2. The maximum Gasteiger partial charge on any atom is 0.346 e. The molecule has 1 aliphatic rings. The van der Waals surface area contributed by atoms with E-state index < -0.39 is 11.9 Å². The van der Waals surface area contributed by atoms with Gasteiger partial charge in [-0.3, -0.25) is 0 Å². The van der Waals surface area contributed by atoms with Gasteiger partial charge in [-0.25, -0.2) is 9.59 Å². The van der Waals surface area contributed by atoms with Crippen LogP contribution in [0.1, 0.15) is 20.8 Å². The molecule has 0 aromatic rings. The minimum absolute atomic E-state index is 0.0474. The number of rotatable bonds is 2. The van der Waals surface area contributed by atoms with Crippen molar-refractivity contribution in [1.29, 1.82) is 0 Å². The fourth-order valence-electron chi connectivity index (χ4n) is 1.55. The largest absolute Gasteiger partial charge is 0.465 e. The fraction of sp³-hybridized carbons (Fsp3) is 0.600. The molecule has 1 rings (SSSR count). The number of hydrogen-bond donors (Lipinski definition) is 0. The Labute approximate surface area is 82.9 Å². The number of cyclic esters (lactones) is 1. The predicted octanol–water partition coefficient (Wildman–Crippen LogP) is 1.06. The van der Waals surface area contributed by atoms with Gasteiger partial charge >= 0.3 is 11.9 Å². The van der Waals surface area contributed by atoms with Crippen molar-refractivity contribution >= 4 is 11.9 Å². The number of esters is 2. The van der Waals surface area contributed by atoms with Crippen molar-refractivity contribution in [1.82, 2.24) is 0 Å². The Bertz CT molecular complexity index is 301. The lowest BCUT2D eigenvalue weighted by Crippen LogP contribution is -2.17. The van der Waals surface area contributed by atoms with Gasteiger partial charge in [0, 0.05) is 0 Å². The molecule has 0 bridgehead atoms. The second-order valence-electron chi connectivity index (χ2n) is 3.62. The molecule has 1 atom stereocenters. The van der Waals surface area contributed by atoms with E-state index in [-0.39, 0.29) is 17.6 Å². The van der Waals surface area contributed by atoms with Gasteiger partial charge in [0.2, 0.25) is 0 Å². The Kier molecular flexibility index (Phi) is 2.93. The van der Waals surface area contributed by atoms with Crippen LogP contribution in [0.15, 0.2) is 11.1 Å². The van der Waals surface area contributed by atoms with Crippen LogP contribution in [-0.2, 0) is 19.1 Å². The zero-order valence-electron chi connectivity index (χ0n) is 8.79. The van der Waals surface area contributed by atoms with Gasteiger partial charge in [-0.15, -0.1) is 0 Å². The van der Waals surface area contributed by atoms with Crippen LogP contribution in [0.25, 0.3) is 0 Å². The van der Waals surface area contributed by atoms with Crippen LogP contribution in [0, 0.1) is 5.92 Å². The van der Waals surface area contributed by atoms with Gasteiger partial charge in [0.15, 0.2) is 0 Å². The van der Waals surface area contributed by atoms with Crippen molar-refractivity contribution in [2.75, 3.05) is 7.11 Å². The van der Waals surface area contributed by atoms with E-state index in [1.165, 1.54) is 7.11 Å². The highest BCUT2D eigenvalue weighted by molar-refractivity contribution is 6.16.